The zero-order valence-electron chi connectivity index (χ0n) is 12.9. The number of aliphatic imine (C=N–C) groups is 1. The maximum atomic E-state index is 5.69. The van der Waals surface area contributed by atoms with E-state index in [1.165, 1.54) is 12.8 Å². The van der Waals surface area contributed by atoms with Gasteiger partial charge in [-0.05, 0) is 31.9 Å². The smallest absolute Gasteiger partial charge is 0.191 e. The molecule has 1 aliphatic carbocycles. The van der Waals surface area contributed by atoms with Gasteiger partial charge in [0.2, 0.25) is 0 Å². The highest BCUT2D eigenvalue weighted by molar-refractivity contribution is 5.80. The first-order valence-electron chi connectivity index (χ1n) is 7.63. The van der Waals surface area contributed by atoms with Crippen LogP contribution in [-0.2, 0) is 0 Å². The highest BCUT2D eigenvalue weighted by atomic mass is 16.5. The second-order valence-corrected chi connectivity index (χ2v) is 5.06. The van der Waals surface area contributed by atoms with Crippen molar-refractivity contribution in [1.29, 1.82) is 0 Å². The molecule has 1 saturated carbocycles. The maximum absolute atomic E-state index is 5.69. The monoisotopic (exact) mass is 291 g/mol. The predicted molar refractivity (Wildman–Crippen MR) is 85.2 cm³/mol. The molecule has 1 fully saturated rings. The SMILES string of the molecule is CCNC(=NCCCOc1cccc(OC)c1)NC1CC1. The van der Waals surface area contributed by atoms with Crippen LogP contribution in [0.2, 0.25) is 0 Å². The molecule has 21 heavy (non-hydrogen) atoms. The largest absolute Gasteiger partial charge is 0.497 e. The van der Waals surface area contributed by atoms with E-state index in [9.17, 15) is 0 Å². The number of guanidine groups is 1. The molecule has 0 spiro atoms. The molecule has 1 aromatic carbocycles. The Labute approximate surface area is 126 Å². The summed E-state index contributed by atoms with van der Waals surface area (Å²) >= 11 is 0. The van der Waals surface area contributed by atoms with Gasteiger partial charge in [0.25, 0.3) is 0 Å². The number of rotatable bonds is 8. The minimum Gasteiger partial charge on any atom is -0.497 e. The number of nitrogens with one attached hydrogen (secondary N) is 2. The predicted octanol–water partition coefficient (Wildman–Crippen LogP) is 2.18. The van der Waals surface area contributed by atoms with E-state index in [2.05, 4.69) is 22.5 Å². The van der Waals surface area contributed by atoms with Crippen LogP contribution in [0.4, 0.5) is 0 Å². The molecule has 0 aliphatic heterocycles. The van der Waals surface area contributed by atoms with Gasteiger partial charge >= 0.3 is 0 Å². The van der Waals surface area contributed by atoms with Crippen molar-refractivity contribution in [2.45, 2.75) is 32.2 Å². The summed E-state index contributed by atoms with van der Waals surface area (Å²) in [6, 6.07) is 8.28. The van der Waals surface area contributed by atoms with Crippen molar-refractivity contribution in [3.63, 3.8) is 0 Å². The van der Waals surface area contributed by atoms with Crippen LogP contribution in [0.25, 0.3) is 0 Å². The molecule has 2 N–H and O–H groups in total. The van der Waals surface area contributed by atoms with Crippen molar-refractivity contribution in [3.8, 4) is 11.5 Å². The number of nitrogens with zero attached hydrogens (tertiary/aromatic N) is 1. The van der Waals surface area contributed by atoms with E-state index in [-0.39, 0.29) is 0 Å². The molecule has 5 nitrogen and oxygen atoms in total. The third-order valence-electron chi connectivity index (χ3n) is 3.14. The van der Waals surface area contributed by atoms with Crippen molar-refractivity contribution < 1.29 is 9.47 Å². The van der Waals surface area contributed by atoms with Crippen LogP contribution in [-0.4, -0.2) is 38.8 Å². The van der Waals surface area contributed by atoms with E-state index < -0.39 is 0 Å². The Bertz CT molecular complexity index is 459. The Hall–Kier alpha value is -1.91. The minimum atomic E-state index is 0.621. The van der Waals surface area contributed by atoms with Crippen molar-refractivity contribution in [2.75, 3.05) is 26.8 Å². The van der Waals surface area contributed by atoms with E-state index in [4.69, 9.17) is 9.47 Å². The average molecular weight is 291 g/mol. The Balaban J connectivity index is 1.67. The summed E-state index contributed by atoms with van der Waals surface area (Å²) in [6.07, 6.45) is 3.39. The molecule has 5 heteroatoms. The number of hydrogen-bond acceptors (Lipinski definition) is 3. The third-order valence-corrected chi connectivity index (χ3v) is 3.14. The summed E-state index contributed by atoms with van der Waals surface area (Å²) in [4.78, 5) is 4.55. The van der Waals surface area contributed by atoms with E-state index >= 15 is 0 Å². The Morgan fingerprint density at radius 3 is 2.86 bits per heavy atom. The van der Waals surface area contributed by atoms with E-state index in [1.807, 2.05) is 24.3 Å². The number of ether oxygens (including phenoxy) is 2. The molecule has 1 aromatic rings. The Morgan fingerprint density at radius 1 is 1.33 bits per heavy atom. The van der Waals surface area contributed by atoms with Gasteiger partial charge in [0.1, 0.15) is 11.5 Å². The first-order chi connectivity index (χ1) is 10.3. The van der Waals surface area contributed by atoms with Gasteiger partial charge in [-0.1, -0.05) is 6.07 Å². The van der Waals surface area contributed by atoms with Gasteiger partial charge in [-0.25, -0.2) is 0 Å². The van der Waals surface area contributed by atoms with Crippen LogP contribution >= 0.6 is 0 Å². The summed E-state index contributed by atoms with van der Waals surface area (Å²) in [5.74, 6) is 2.57. The van der Waals surface area contributed by atoms with Crippen LogP contribution in [0.3, 0.4) is 0 Å². The summed E-state index contributed by atoms with van der Waals surface area (Å²) < 4.78 is 10.9. The highest BCUT2D eigenvalue weighted by Gasteiger charge is 2.21. The van der Waals surface area contributed by atoms with Gasteiger partial charge < -0.3 is 20.1 Å². The first kappa shape index (κ1) is 15.5. The fraction of sp³-hybridized carbons (Fsp3) is 0.562. The zero-order chi connectivity index (χ0) is 14.9. The lowest BCUT2D eigenvalue weighted by Crippen LogP contribution is -2.38. The molecular weight excluding hydrogens is 266 g/mol. The highest BCUT2D eigenvalue weighted by Crippen LogP contribution is 2.19. The lowest BCUT2D eigenvalue weighted by Gasteiger charge is -2.10. The zero-order valence-corrected chi connectivity index (χ0v) is 12.9. The minimum absolute atomic E-state index is 0.621. The molecule has 116 valence electrons. The number of hydrogen-bond donors (Lipinski definition) is 2. The summed E-state index contributed by atoms with van der Waals surface area (Å²) in [7, 11) is 1.66. The van der Waals surface area contributed by atoms with Gasteiger partial charge in [-0.3, -0.25) is 4.99 Å². The van der Waals surface area contributed by atoms with Crippen LogP contribution in [0.1, 0.15) is 26.2 Å². The second kappa shape index (κ2) is 8.39. The molecule has 1 aliphatic rings. The maximum Gasteiger partial charge on any atom is 0.191 e. The number of methoxy groups -OCH3 is 1. The van der Waals surface area contributed by atoms with Gasteiger partial charge in [0, 0.05) is 31.6 Å². The summed E-state index contributed by atoms with van der Waals surface area (Å²) in [6.45, 7) is 4.38. The fourth-order valence-corrected chi connectivity index (χ4v) is 1.88. The quantitative estimate of drug-likeness (QED) is 0.438. The van der Waals surface area contributed by atoms with Crippen LogP contribution < -0.4 is 20.1 Å². The van der Waals surface area contributed by atoms with E-state index in [0.29, 0.717) is 12.6 Å². The van der Waals surface area contributed by atoms with Crippen molar-refractivity contribution in [3.05, 3.63) is 24.3 Å². The lowest BCUT2D eigenvalue weighted by atomic mass is 10.3. The Kier molecular flexibility index (Phi) is 6.19. The first-order valence-corrected chi connectivity index (χ1v) is 7.63. The van der Waals surface area contributed by atoms with Gasteiger partial charge in [0.15, 0.2) is 5.96 Å². The normalized spacial score (nSPS) is 14.7. The molecule has 0 bridgehead atoms. The molecule has 0 amide bonds. The molecule has 0 atom stereocenters. The molecule has 0 radical (unpaired) electrons. The van der Waals surface area contributed by atoms with Gasteiger partial charge in [-0.15, -0.1) is 0 Å². The van der Waals surface area contributed by atoms with E-state index in [0.717, 1.165) is 37.0 Å². The summed E-state index contributed by atoms with van der Waals surface area (Å²) in [5, 5.41) is 6.66. The molecule has 0 aromatic heterocycles. The van der Waals surface area contributed by atoms with Gasteiger partial charge in [0.05, 0.1) is 13.7 Å². The Morgan fingerprint density at radius 2 is 2.14 bits per heavy atom. The molecule has 0 heterocycles. The average Bonchev–Trinajstić information content (AvgIpc) is 3.31. The third kappa shape index (κ3) is 5.94. The van der Waals surface area contributed by atoms with Crippen LogP contribution in [0.15, 0.2) is 29.3 Å². The van der Waals surface area contributed by atoms with Gasteiger partial charge in [-0.2, -0.15) is 0 Å². The molecule has 2 rings (SSSR count). The molecule has 0 saturated heterocycles. The van der Waals surface area contributed by atoms with Crippen LogP contribution in [0.5, 0.6) is 11.5 Å². The van der Waals surface area contributed by atoms with Crippen molar-refractivity contribution in [2.24, 2.45) is 4.99 Å². The summed E-state index contributed by atoms with van der Waals surface area (Å²) in [5.41, 5.74) is 0. The topological polar surface area (TPSA) is 54.9 Å². The lowest BCUT2D eigenvalue weighted by molar-refractivity contribution is 0.311. The number of benzene rings is 1. The van der Waals surface area contributed by atoms with Crippen LogP contribution in [0, 0.1) is 0 Å². The second-order valence-electron chi connectivity index (χ2n) is 5.06. The molecular formula is C16H25N3O2. The van der Waals surface area contributed by atoms with Crippen molar-refractivity contribution >= 4 is 5.96 Å². The standard InChI is InChI=1S/C16H25N3O2/c1-3-17-16(19-13-8-9-13)18-10-5-11-21-15-7-4-6-14(12-15)20-2/h4,6-7,12-13H,3,5,8-11H2,1-2H3,(H2,17,18,19). The van der Waals surface area contributed by atoms with E-state index in [1.54, 1.807) is 7.11 Å². The molecule has 0 unspecified atom stereocenters. The van der Waals surface area contributed by atoms with Crippen molar-refractivity contribution in [1.82, 2.24) is 10.6 Å². The fourth-order valence-electron chi connectivity index (χ4n) is 1.88.